The molecule has 0 unspecified atom stereocenters. The van der Waals surface area contributed by atoms with Gasteiger partial charge in [-0.1, -0.05) is 32.6 Å². The van der Waals surface area contributed by atoms with Crippen LogP contribution in [-0.2, 0) is 4.79 Å². The van der Waals surface area contributed by atoms with Crippen LogP contribution in [0.1, 0.15) is 48.3 Å². The average Bonchev–Trinajstić information content (AvgIpc) is 1.87. The van der Waals surface area contributed by atoms with Gasteiger partial charge in [-0.3, -0.25) is 4.79 Å². The normalized spacial score (nSPS) is 8.08. The fourth-order valence-electron chi connectivity index (χ4n) is 0.880. The maximum atomic E-state index is 10.0. The summed E-state index contributed by atoms with van der Waals surface area (Å²) in [6, 6.07) is 0. The first-order valence-electron chi connectivity index (χ1n) is 3.99. The van der Waals surface area contributed by atoms with Crippen molar-refractivity contribution >= 4 is 5.97 Å². The molecule has 0 fully saturated rings. The number of aliphatic carboxylic acids is 1. The van der Waals surface area contributed by atoms with Gasteiger partial charge in [0.2, 0.25) is 0 Å². The minimum absolute atomic E-state index is 0. The monoisotopic (exact) mass is 224 g/mol. The first-order chi connectivity index (χ1) is 4.77. The van der Waals surface area contributed by atoms with Crippen LogP contribution in [0.3, 0.4) is 0 Å². The van der Waals surface area contributed by atoms with Crippen LogP contribution in [0.5, 0.6) is 0 Å². The Morgan fingerprint density at radius 2 is 1.67 bits per heavy atom. The van der Waals surface area contributed by atoms with Gasteiger partial charge in [0.25, 0.3) is 0 Å². The van der Waals surface area contributed by atoms with Gasteiger partial charge in [-0.2, -0.15) is 0 Å². The van der Waals surface area contributed by atoms with Crippen LogP contribution in [-0.4, -0.2) is 11.1 Å². The summed E-state index contributed by atoms with van der Waals surface area (Å²) in [4.78, 5) is 10.0. The van der Waals surface area contributed by atoms with E-state index in [1.165, 1.54) is 19.3 Å². The van der Waals surface area contributed by atoms with Crippen molar-refractivity contribution in [1.29, 1.82) is 0 Å². The van der Waals surface area contributed by atoms with Crippen molar-refractivity contribution in [2.24, 2.45) is 0 Å². The zero-order valence-corrected chi connectivity index (χ0v) is 14.8. The van der Waals surface area contributed by atoms with Gasteiger partial charge in [-0.15, -0.1) is 0 Å². The number of hydrogen-bond acceptors (Lipinski definition) is 1. The van der Waals surface area contributed by atoms with Crippen molar-refractivity contribution in [1.82, 2.24) is 0 Å². The van der Waals surface area contributed by atoms with Crippen LogP contribution in [0.15, 0.2) is 0 Å². The van der Waals surface area contributed by atoms with E-state index in [2.05, 4.69) is 6.92 Å². The van der Waals surface area contributed by atoms with E-state index in [0.717, 1.165) is 12.8 Å². The molecule has 0 spiro atoms. The summed E-state index contributed by atoms with van der Waals surface area (Å²) in [5.41, 5.74) is 0. The Balaban J connectivity index is -0.0000000675. The van der Waals surface area contributed by atoms with Gasteiger partial charge in [-0.05, 0) is 6.42 Å². The number of carbonyl (C=O) groups is 1. The van der Waals surface area contributed by atoms with E-state index in [1.54, 1.807) is 0 Å². The fourth-order valence-corrected chi connectivity index (χ4v) is 0.880. The predicted molar refractivity (Wildman–Crippen MR) is 43.2 cm³/mol. The third-order valence-corrected chi connectivity index (χ3v) is 1.49. The Hall–Kier alpha value is 2.74. The number of hydrogen-bond donors (Lipinski definition) is 1. The van der Waals surface area contributed by atoms with Gasteiger partial charge in [0, 0.05) is 6.42 Å². The number of carboxylic acids is 1. The van der Waals surface area contributed by atoms with Gasteiger partial charge in [0.15, 0.2) is 0 Å². The van der Waals surface area contributed by atoms with Gasteiger partial charge >= 0.3 is 109 Å². The summed E-state index contributed by atoms with van der Waals surface area (Å²) in [7, 11) is 0. The Labute approximate surface area is 163 Å². The third kappa shape index (κ3) is 18.5. The molecule has 0 amide bonds. The van der Waals surface area contributed by atoms with Crippen molar-refractivity contribution in [3.05, 3.63) is 0 Å². The minimum atomic E-state index is -0.670. The largest absolute Gasteiger partial charge is 1.00 e. The Morgan fingerprint density at radius 3 is 2.08 bits per heavy atom. The molecule has 0 aliphatic heterocycles. The van der Waals surface area contributed by atoms with Crippen LogP contribution in [0.25, 0.3) is 0 Å². The Morgan fingerprint density at radius 1 is 1.17 bits per heavy atom. The molecule has 0 saturated heterocycles. The molecule has 64 valence electrons. The van der Waals surface area contributed by atoms with Crippen molar-refractivity contribution in [2.75, 3.05) is 0 Å². The molecule has 4 heteroatoms. The Bertz CT molecular complexity index is 105. The molecule has 0 aromatic heterocycles. The molecule has 2 nitrogen and oxygen atoms in total. The van der Waals surface area contributed by atoms with Crippen LogP contribution in [0.2, 0.25) is 0 Å². The van der Waals surface area contributed by atoms with Crippen LogP contribution >= 0.6 is 0 Å². The predicted octanol–water partition coefficient (Wildman–Crippen LogP) is -3.34. The summed E-state index contributed by atoms with van der Waals surface area (Å²) in [6.07, 6.45) is 5.88. The molecule has 0 aromatic rings. The summed E-state index contributed by atoms with van der Waals surface area (Å²) >= 11 is 0. The summed E-state index contributed by atoms with van der Waals surface area (Å²) < 4.78 is 0. The van der Waals surface area contributed by atoms with E-state index < -0.39 is 5.97 Å². The molecular formula is C8H18K2O2. The summed E-state index contributed by atoms with van der Waals surface area (Å²) in [6.45, 7) is 2.15. The van der Waals surface area contributed by atoms with Crippen molar-refractivity contribution < 1.29 is 116 Å². The minimum Gasteiger partial charge on any atom is -1.00 e. The van der Waals surface area contributed by atoms with Gasteiger partial charge in [0.05, 0.1) is 0 Å². The molecule has 0 bridgehead atoms. The van der Waals surface area contributed by atoms with Crippen molar-refractivity contribution in [3.8, 4) is 0 Å². The van der Waals surface area contributed by atoms with Gasteiger partial charge < -0.3 is 7.96 Å². The maximum absolute atomic E-state index is 10.0. The molecule has 12 heavy (non-hydrogen) atoms. The molecule has 1 N–H and O–H groups in total. The number of unbranched alkanes of at least 4 members (excludes halogenated alkanes) is 4. The number of carboxylic acid groups (broad SMARTS) is 1. The van der Waals surface area contributed by atoms with Gasteiger partial charge in [-0.25, -0.2) is 0 Å². The van der Waals surface area contributed by atoms with Crippen LogP contribution in [0.4, 0.5) is 0 Å². The molecule has 0 atom stereocenters. The second kappa shape index (κ2) is 16.2. The first-order valence-corrected chi connectivity index (χ1v) is 3.99. The van der Waals surface area contributed by atoms with E-state index in [-0.39, 0.29) is 106 Å². The summed E-state index contributed by atoms with van der Waals surface area (Å²) in [5, 5.41) is 8.27. The molecule has 0 aliphatic carbocycles. The fraction of sp³-hybridized carbons (Fsp3) is 0.875. The molecule has 0 saturated carbocycles. The molecular weight excluding hydrogens is 206 g/mol. The van der Waals surface area contributed by atoms with Crippen molar-refractivity contribution in [3.63, 3.8) is 0 Å². The standard InChI is InChI=1S/C8H16O2.2K.2H/c1-2-3-4-5-6-7-8(9)10;;;;/h2-7H2,1H3,(H,9,10);;;;/q;2*+1;2*-1. The van der Waals surface area contributed by atoms with E-state index >= 15 is 0 Å². The molecule has 0 radical (unpaired) electrons. The SMILES string of the molecule is CCCCCCCC(=O)O.[H-].[H-].[K+].[K+]. The average molecular weight is 224 g/mol. The first kappa shape index (κ1) is 20.2. The van der Waals surface area contributed by atoms with E-state index in [1.807, 2.05) is 0 Å². The van der Waals surface area contributed by atoms with E-state index in [4.69, 9.17) is 5.11 Å². The smallest absolute Gasteiger partial charge is 1.00 e. The molecule has 0 rings (SSSR count). The van der Waals surface area contributed by atoms with Crippen LogP contribution < -0.4 is 103 Å². The second-order valence-electron chi connectivity index (χ2n) is 2.56. The zero-order valence-electron chi connectivity index (χ0n) is 10.6. The molecule has 0 heterocycles. The van der Waals surface area contributed by atoms with Crippen LogP contribution in [0, 0.1) is 0 Å². The number of rotatable bonds is 6. The Kier molecular flexibility index (Phi) is 27.2. The maximum Gasteiger partial charge on any atom is 1.00 e. The molecule has 0 aromatic carbocycles. The summed E-state index contributed by atoms with van der Waals surface area (Å²) in [5.74, 6) is -0.670. The third-order valence-electron chi connectivity index (χ3n) is 1.49. The molecule has 0 aliphatic rings. The van der Waals surface area contributed by atoms with E-state index in [0.29, 0.717) is 6.42 Å². The van der Waals surface area contributed by atoms with Gasteiger partial charge in [0.1, 0.15) is 0 Å². The topological polar surface area (TPSA) is 37.3 Å². The van der Waals surface area contributed by atoms with E-state index in [9.17, 15) is 4.79 Å². The quantitative estimate of drug-likeness (QED) is 0.378. The van der Waals surface area contributed by atoms with Crippen molar-refractivity contribution in [2.45, 2.75) is 45.4 Å². The second-order valence-corrected chi connectivity index (χ2v) is 2.56. The zero-order chi connectivity index (χ0) is 7.82.